The normalized spacial score (nSPS) is 10.5. The van der Waals surface area contributed by atoms with E-state index in [0.29, 0.717) is 6.54 Å². The van der Waals surface area contributed by atoms with Crippen LogP contribution in [0.15, 0.2) is 30.3 Å². The lowest BCUT2D eigenvalue weighted by molar-refractivity contribution is -0.129. The molecule has 1 amide bonds. The SMILES string of the molecule is CCCN(CCN(C)C)C(=O)CNc1ccccc1. The predicted octanol–water partition coefficient (Wildman–Crippen LogP) is 1.90. The van der Waals surface area contributed by atoms with Crippen LogP contribution in [0.25, 0.3) is 0 Å². The van der Waals surface area contributed by atoms with Gasteiger partial charge in [-0.2, -0.15) is 0 Å². The summed E-state index contributed by atoms with van der Waals surface area (Å²) < 4.78 is 0. The van der Waals surface area contributed by atoms with E-state index < -0.39 is 0 Å². The van der Waals surface area contributed by atoms with Crippen LogP contribution in [-0.2, 0) is 4.79 Å². The summed E-state index contributed by atoms with van der Waals surface area (Å²) in [7, 11) is 4.05. The van der Waals surface area contributed by atoms with Gasteiger partial charge in [-0.1, -0.05) is 25.1 Å². The zero-order chi connectivity index (χ0) is 14.1. The van der Waals surface area contributed by atoms with Gasteiger partial charge in [-0.3, -0.25) is 4.79 Å². The molecule has 0 radical (unpaired) electrons. The van der Waals surface area contributed by atoms with E-state index in [9.17, 15) is 4.79 Å². The van der Waals surface area contributed by atoms with Crippen LogP contribution in [0.3, 0.4) is 0 Å². The largest absolute Gasteiger partial charge is 0.376 e. The summed E-state index contributed by atoms with van der Waals surface area (Å²) >= 11 is 0. The van der Waals surface area contributed by atoms with Crippen molar-refractivity contribution >= 4 is 11.6 Å². The van der Waals surface area contributed by atoms with Crippen molar-refractivity contribution in [3.8, 4) is 0 Å². The van der Waals surface area contributed by atoms with Crippen molar-refractivity contribution in [2.75, 3.05) is 45.6 Å². The smallest absolute Gasteiger partial charge is 0.241 e. The molecule has 0 heterocycles. The standard InChI is InChI=1S/C15H25N3O/c1-4-10-18(12-11-17(2)3)15(19)13-16-14-8-6-5-7-9-14/h5-9,16H,4,10-13H2,1-3H3. The maximum Gasteiger partial charge on any atom is 0.241 e. The first-order valence-electron chi connectivity index (χ1n) is 6.85. The van der Waals surface area contributed by atoms with Crippen LogP contribution >= 0.6 is 0 Å². The number of benzene rings is 1. The molecule has 1 aromatic rings. The third-order valence-electron chi connectivity index (χ3n) is 2.88. The van der Waals surface area contributed by atoms with Gasteiger partial charge < -0.3 is 15.1 Å². The number of para-hydroxylation sites is 1. The molecule has 1 aromatic carbocycles. The first-order valence-corrected chi connectivity index (χ1v) is 6.85. The van der Waals surface area contributed by atoms with E-state index in [-0.39, 0.29) is 5.91 Å². The van der Waals surface area contributed by atoms with Crippen LogP contribution in [-0.4, -0.2) is 56.0 Å². The molecule has 0 bridgehead atoms. The lowest BCUT2D eigenvalue weighted by Crippen LogP contribution is -2.40. The summed E-state index contributed by atoms with van der Waals surface area (Å²) in [6, 6.07) is 9.83. The van der Waals surface area contributed by atoms with Crippen LogP contribution in [0.5, 0.6) is 0 Å². The Morgan fingerprint density at radius 1 is 1.11 bits per heavy atom. The molecule has 19 heavy (non-hydrogen) atoms. The maximum absolute atomic E-state index is 12.2. The Morgan fingerprint density at radius 2 is 1.79 bits per heavy atom. The minimum absolute atomic E-state index is 0.160. The van der Waals surface area contributed by atoms with Gasteiger partial charge in [-0.05, 0) is 32.6 Å². The van der Waals surface area contributed by atoms with Gasteiger partial charge in [0.1, 0.15) is 0 Å². The lowest BCUT2D eigenvalue weighted by Gasteiger charge is -2.24. The molecule has 106 valence electrons. The van der Waals surface area contributed by atoms with Crippen molar-refractivity contribution in [1.82, 2.24) is 9.80 Å². The summed E-state index contributed by atoms with van der Waals surface area (Å²) in [5, 5.41) is 3.17. The van der Waals surface area contributed by atoms with Crippen LogP contribution in [0.2, 0.25) is 0 Å². The molecule has 0 spiro atoms. The van der Waals surface area contributed by atoms with Gasteiger partial charge in [0.2, 0.25) is 5.91 Å². The number of hydrogen-bond donors (Lipinski definition) is 1. The number of amides is 1. The second-order valence-electron chi connectivity index (χ2n) is 4.90. The van der Waals surface area contributed by atoms with E-state index in [0.717, 1.165) is 31.7 Å². The minimum atomic E-state index is 0.160. The summed E-state index contributed by atoms with van der Waals surface area (Å²) in [4.78, 5) is 16.2. The van der Waals surface area contributed by atoms with Crippen LogP contribution in [0.1, 0.15) is 13.3 Å². The topological polar surface area (TPSA) is 35.6 Å². The molecule has 0 unspecified atom stereocenters. The highest BCUT2D eigenvalue weighted by Crippen LogP contribution is 2.04. The fourth-order valence-electron chi connectivity index (χ4n) is 1.80. The molecule has 0 aliphatic carbocycles. The van der Waals surface area contributed by atoms with Crippen molar-refractivity contribution in [1.29, 1.82) is 0 Å². The summed E-state index contributed by atoms with van der Waals surface area (Å²) in [5.41, 5.74) is 0.986. The van der Waals surface area contributed by atoms with Gasteiger partial charge in [-0.15, -0.1) is 0 Å². The third-order valence-corrected chi connectivity index (χ3v) is 2.88. The Kier molecular flexibility index (Phi) is 6.97. The number of hydrogen-bond acceptors (Lipinski definition) is 3. The second kappa shape index (κ2) is 8.53. The first-order chi connectivity index (χ1) is 9.13. The van der Waals surface area contributed by atoms with Gasteiger partial charge in [0.25, 0.3) is 0 Å². The van der Waals surface area contributed by atoms with Crippen LogP contribution in [0, 0.1) is 0 Å². The van der Waals surface area contributed by atoms with Crippen molar-refractivity contribution < 1.29 is 4.79 Å². The lowest BCUT2D eigenvalue weighted by atomic mass is 10.3. The minimum Gasteiger partial charge on any atom is -0.376 e. The highest BCUT2D eigenvalue weighted by Gasteiger charge is 2.12. The fourth-order valence-corrected chi connectivity index (χ4v) is 1.80. The maximum atomic E-state index is 12.2. The summed E-state index contributed by atoms with van der Waals surface area (Å²) in [6.07, 6.45) is 0.991. The molecule has 1 N–H and O–H groups in total. The van der Waals surface area contributed by atoms with Gasteiger partial charge in [0, 0.05) is 25.3 Å². The van der Waals surface area contributed by atoms with Crippen molar-refractivity contribution in [3.63, 3.8) is 0 Å². The average Bonchev–Trinajstić information content (AvgIpc) is 2.41. The number of likely N-dealkylation sites (N-methyl/N-ethyl adjacent to an activating group) is 1. The number of nitrogens with one attached hydrogen (secondary N) is 1. The fraction of sp³-hybridized carbons (Fsp3) is 0.533. The zero-order valence-corrected chi connectivity index (χ0v) is 12.2. The third kappa shape index (κ3) is 6.25. The molecule has 4 heteroatoms. The molecular weight excluding hydrogens is 238 g/mol. The van der Waals surface area contributed by atoms with Gasteiger partial charge in [0.05, 0.1) is 6.54 Å². The predicted molar refractivity (Wildman–Crippen MR) is 80.4 cm³/mol. The zero-order valence-electron chi connectivity index (χ0n) is 12.2. The molecule has 0 aliphatic rings. The molecule has 0 aromatic heterocycles. The average molecular weight is 263 g/mol. The highest BCUT2D eigenvalue weighted by molar-refractivity contribution is 5.80. The van der Waals surface area contributed by atoms with E-state index in [1.54, 1.807) is 0 Å². The van der Waals surface area contributed by atoms with Crippen molar-refractivity contribution in [3.05, 3.63) is 30.3 Å². The van der Waals surface area contributed by atoms with Crippen LogP contribution in [0.4, 0.5) is 5.69 Å². The number of carbonyl (C=O) groups is 1. The van der Waals surface area contributed by atoms with E-state index in [4.69, 9.17) is 0 Å². The molecule has 0 atom stereocenters. The van der Waals surface area contributed by atoms with Gasteiger partial charge in [-0.25, -0.2) is 0 Å². The Morgan fingerprint density at radius 3 is 2.37 bits per heavy atom. The second-order valence-corrected chi connectivity index (χ2v) is 4.90. The number of nitrogens with zero attached hydrogens (tertiary/aromatic N) is 2. The van der Waals surface area contributed by atoms with E-state index in [1.807, 2.05) is 49.3 Å². The molecule has 0 fully saturated rings. The number of carbonyl (C=O) groups excluding carboxylic acids is 1. The van der Waals surface area contributed by atoms with Crippen LogP contribution < -0.4 is 5.32 Å². The summed E-state index contributed by atoms with van der Waals surface area (Å²) in [5.74, 6) is 0.160. The Bertz CT molecular complexity index is 365. The Balaban J connectivity index is 2.43. The molecule has 0 saturated carbocycles. The molecule has 1 rings (SSSR count). The van der Waals surface area contributed by atoms with E-state index in [2.05, 4.69) is 17.1 Å². The monoisotopic (exact) mass is 263 g/mol. The van der Waals surface area contributed by atoms with Gasteiger partial charge in [0.15, 0.2) is 0 Å². The van der Waals surface area contributed by atoms with Crippen molar-refractivity contribution in [2.24, 2.45) is 0 Å². The number of rotatable bonds is 8. The molecule has 4 nitrogen and oxygen atoms in total. The highest BCUT2D eigenvalue weighted by atomic mass is 16.2. The molecule has 0 saturated heterocycles. The summed E-state index contributed by atoms with van der Waals surface area (Å²) in [6.45, 7) is 4.97. The van der Waals surface area contributed by atoms with Gasteiger partial charge >= 0.3 is 0 Å². The first kappa shape index (κ1) is 15.5. The quantitative estimate of drug-likeness (QED) is 0.778. The van der Waals surface area contributed by atoms with E-state index in [1.165, 1.54) is 0 Å². The number of anilines is 1. The molecule has 0 aliphatic heterocycles. The molecular formula is C15H25N3O. The Labute approximate surface area is 116 Å². The van der Waals surface area contributed by atoms with E-state index >= 15 is 0 Å². The Hall–Kier alpha value is -1.55. The van der Waals surface area contributed by atoms with Crippen molar-refractivity contribution in [2.45, 2.75) is 13.3 Å².